The van der Waals surface area contributed by atoms with Crippen molar-refractivity contribution in [1.82, 2.24) is 14.5 Å². The lowest BCUT2D eigenvalue weighted by molar-refractivity contribution is -0.132. The van der Waals surface area contributed by atoms with Crippen LogP contribution in [-0.4, -0.2) is 26.4 Å². The van der Waals surface area contributed by atoms with Crippen LogP contribution in [-0.2, 0) is 17.9 Å². The first-order valence-electron chi connectivity index (χ1n) is 8.48. The Morgan fingerprint density at radius 2 is 2.04 bits per heavy atom. The third kappa shape index (κ3) is 3.49. The molecule has 2 heterocycles. The zero-order chi connectivity index (χ0) is 17.2. The number of amides is 1. The average molecular weight is 353 g/mol. The van der Waals surface area contributed by atoms with E-state index < -0.39 is 0 Å². The van der Waals surface area contributed by atoms with E-state index in [0.717, 1.165) is 23.2 Å². The van der Waals surface area contributed by atoms with Gasteiger partial charge in [-0.2, -0.15) is 0 Å². The summed E-state index contributed by atoms with van der Waals surface area (Å²) in [4.78, 5) is 32.1. The van der Waals surface area contributed by atoms with E-state index in [2.05, 4.69) is 4.98 Å². The van der Waals surface area contributed by atoms with Crippen molar-refractivity contribution in [1.29, 1.82) is 0 Å². The topological polar surface area (TPSA) is 55.2 Å². The first-order valence-corrected chi connectivity index (χ1v) is 9.36. The van der Waals surface area contributed by atoms with Gasteiger partial charge in [-0.3, -0.25) is 14.2 Å². The van der Waals surface area contributed by atoms with Gasteiger partial charge >= 0.3 is 0 Å². The van der Waals surface area contributed by atoms with Crippen molar-refractivity contribution >= 4 is 27.5 Å². The van der Waals surface area contributed by atoms with Gasteiger partial charge in [-0.1, -0.05) is 30.3 Å². The van der Waals surface area contributed by atoms with Crippen molar-refractivity contribution in [2.75, 3.05) is 0 Å². The summed E-state index contributed by atoms with van der Waals surface area (Å²) in [6.45, 7) is 1.01. The van der Waals surface area contributed by atoms with Gasteiger partial charge in [0.2, 0.25) is 5.91 Å². The lowest BCUT2D eigenvalue weighted by Crippen LogP contribution is -2.34. The van der Waals surface area contributed by atoms with Crippen LogP contribution in [0, 0.1) is 0 Å². The van der Waals surface area contributed by atoms with E-state index in [1.54, 1.807) is 17.0 Å². The third-order valence-corrected chi connectivity index (χ3v) is 5.34. The normalized spacial score (nSPS) is 13.9. The summed E-state index contributed by atoms with van der Waals surface area (Å²) >= 11 is 1.45. The molecular formula is C19H19N3O2S. The van der Waals surface area contributed by atoms with E-state index in [1.807, 2.05) is 40.6 Å². The Morgan fingerprint density at radius 1 is 1.24 bits per heavy atom. The summed E-state index contributed by atoms with van der Waals surface area (Å²) in [5.41, 5.74) is 1.07. The fourth-order valence-electron chi connectivity index (χ4n) is 3.00. The smallest absolute Gasteiger partial charge is 0.262 e. The standard InChI is InChI=1S/C19H19N3O2S/c23-17(22(15-6-7-15)12-14-4-2-1-3-5-14)8-10-21-13-20-18-16(19(21)24)9-11-25-18/h1-5,9,11,13,15H,6-8,10,12H2. The lowest BCUT2D eigenvalue weighted by Gasteiger charge is -2.23. The first kappa shape index (κ1) is 16.0. The molecule has 5 nitrogen and oxygen atoms in total. The van der Waals surface area contributed by atoms with Gasteiger partial charge in [0.05, 0.1) is 11.7 Å². The van der Waals surface area contributed by atoms with Crippen molar-refractivity contribution < 1.29 is 4.79 Å². The number of thiophene rings is 1. The molecule has 0 N–H and O–H groups in total. The van der Waals surface area contributed by atoms with E-state index >= 15 is 0 Å². The number of nitrogens with zero attached hydrogens (tertiary/aromatic N) is 3. The fraction of sp³-hybridized carbons (Fsp3) is 0.316. The number of aromatic nitrogens is 2. The highest BCUT2D eigenvalue weighted by Gasteiger charge is 2.32. The highest BCUT2D eigenvalue weighted by molar-refractivity contribution is 7.16. The molecule has 1 aromatic carbocycles. The maximum atomic E-state index is 12.7. The predicted molar refractivity (Wildman–Crippen MR) is 98.5 cm³/mol. The number of benzene rings is 1. The molecule has 25 heavy (non-hydrogen) atoms. The van der Waals surface area contributed by atoms with Crippen LogP contribution in [0.25, 0.3) is 10.2 Å². The van der Waals surface area contributed by atoms with Crippen molar-refractivity contribution in [3.63, 3.8) is 0 Å². The number of rotatable bonds is 6. The maximum absolute atomic E-state index is 12.7. The molecule has 1 aliphatic carbocycles. The van der Waals surface area contributed by atoms with Gasteiger partial charge in [0.15, 0.2) is 0 Å². The molecule has 0 spiro atoms. The van der Waals surface area contributed by atoms with Gasteiger partial charge in [-0.15, -0.1) is 11.3 Å². The van der Waals surface area contributed by atoms with Crippen molar-refractivity contribution in [2.24, 2.45) is 0 Å². The zero-order valence-electron chi connectivity index (χ0n) is 13.8. The Hall–Kier alpha value is -2.47. The van der Waals surface area contributed by atoms with E-state index in [9.17, 15) is 9.59 Å². The summed E-state index contributed by atoms with van der Waals surface area (Å²) in [5, 5.41) is 2.49. The second-order valence-corrected chi connectivity index (χ2v) is 7.27. The monoisotopic (exact) mass is 353 g/mol. The SMILES string of the molecule is O=C(CCn1cnc2sccc2c1=O)N(Cc1ccccc1)C1CC1. The summed E-state index contributed by atoms with van der Waals surface area (Å²) in [6.07, 6.45) is 4.01. The molecule has 6 heteroatoms. The zero-order valence-corrected chi connectivity index (χ0v) is 14.6. The van der Waals surface area contributed by atoms with Crippen LogP contribution >= 0.6 is 11.3 Å². The lowest BCUT2D eigenvalue weighted by atomic mass is 10.2. The van der Waals surface area contributed by atoms with Crippen LogP contribution in [0.2, 0.25) is 0 Å². The molecule has 1 amide bonds. The molecule has 1 saturated carbocycles. The molecule has 4 rings (SSSR count). The van der Waals surface area contributed by atoms with Gasteiger partial charge < -0.3 is 4.90 Å². The molecule has 3 aromatic rings. The number of aryl methyl sites for hydroxylation is 1. The van der Waals surface area contributed by atoms with E-state index in [-0.39, 0.29) is 11.5 Å². The minimum Gasteiger partial charge on any atom is -0.335 e. The van der Waals surface area contributed by atoms with Crippen molar-refractivity contribution in [2.45, 2.75) is 38.4 Å². The quantitative estimate of drug-likeness (QED) is 0.684. The van der Waals surface area contributed by atoms with Crippen LogP contribution in [0.15, 0.2) is 52.9 Å². The Bertz CT molecular complexity index is 944. The number of carbonyl (C=O) groups is 1. The number of hydrogen-bond donors (Lipinski definition) is 0. The Labute approximate surface area is 149 Å². The van der Waals surface area contributed by atoms with Crippen molar-refractivity contribution in [3.8, 4) is 0 Å². The first-order chi connectivity index (χ1) is 12.2. The summed E-state index contributed by atoms with van der Waals surface area (Å²) in [5.74, 6) is 0.101. The predicted octanol–water partition coefficient (Wildman–Crippen LogP) is 3.04. The van der Waals surface area contributed by atoms with Crippen LogP contribution in [0.3, 0.4) is 0 Å². The third-order valence-electron chi connectivity index (χ3n) is 4.52. The van der Waals surface area contributed by atoms with Crippen LogP contribution < -0.4 is 5.56 Å². The van der Waals surface area contributed by atoms with Gasteiger partial charge in [0.25, 0.3) is 5.56 Å². The van der Waals surface area contributed by atoms with E-state index in [0.29, 0.717) is 30.9 Å². The molecule has 0 unspecified atom stereocenters. The van der Waals surface area contributed by atoms with Gasteiger partial charge in [-0.25, -0.2) is 4.98 Å². The molecular weight excluding hydrogens is 334 g/mol. The molecule has 0 radical (unpaired) electrons. The van der Waals surface area contributed by atoms with Crippen LogP contribution in [0.1, 0.15) is 24.8 Å². The second kappa shape index (κ2) is 6.80. The highest BCUT2D eigenvalue weighted by Crippen LogP contribution is 2.29. The van der Waals surface area contributed by atoms with Crippen LogP contribution in [0.4, 0.5) is 0 Å². The van der Waals surface area contributed by atoms with Gasteiger partial charge in [0, 0.05) is 25.6 Å². The van der Waals surface area contributed by atoms with Gasteiger partial charge in [-0.05, 0) is 29.9 Å². The minimum absolute atomic E-state index is 0.0694. The molecule has 0 saturated heterocycles. The maximum Gasteiger partial charge on any atom is 0.262 e. The summed E-state index contributed by atoms with van der Waals surface area (Å²) in [6, 6.07) is 12.2. The Balaban J connectivity index is 1.46. The van der Waals surface area contributed by atoms with E-state index in [4.69, 9.17) is 0 Å². The van der Waals surface area contributed by atoms with E-state index in [1.165, 1.54) is 11.3 Å². The van der Waals surface area contributed by atoms with Gasteiger partial charge in [0.1, 0.15) is 4.83 Å². The molecule has 1 fully saturated rings. The van der Waals surface area contributed by atoms with Crippen molar-refractivity contribution in [3.05, 3.63) is 64.0 Å². The average Bonchev–Trinajstić information content (AvgIpc) is 3.36. The number of hydrogen-bond acceptors (Lipinski definition) is 4. The molecule has 128 valence electrons. The van der Waals surface area contributed by atoms with Crippen LogP contribution in [0.5, 0.6) is 0 Å². The largest absolute Gasteiger partial charge is 0.335 e. The summed E-state index contributed by atoms with van der Waals surface area (Å²) in [7, 11) is 0. The molecule has 0 atom stereocenters. The summed E-state index contributed by atoms with van der Waals surface area (Å²) < 4.78 is 1.54. The number of fused-ring (bicyclic) bond motifs is 1. The Kier molecular flexibility index (Phi) is 4.36. The molecule has 2 aromatic heterocycles. The Morgan fingerprint density at radius 3 is 2.80 bits per heavy atom. The highest BCUT2D eigenvalue weighted by atomic mass is 32.1. The molecule has 0 aliphatic heterocycles. The second-order valence-electron chi connectivity index (χ2n) is 6.37. The molecule has 0 bridgehead atoms. The number of carbonyl (C=O) groups excluding carboxylic acids is 1. The minimum atomic E-state index is -0.0694. The molecule has 1 aliphatic rings. The fourth-order valence-corrected chi connectivity index (χ4v) is 3.72.